The summed E-state index contributed by atoms with van der Waals surface area (Å²) in [5.74, 6) is 0.207. The van der Waals surface area contributed by atoms with Crippen molar-refractivity contribution in [1.82, 2.24) is 10.6 Å². The zero-order valence-corrected chi connectivity index (χ0v) is 15.5. The molecule has 2 amide bonds. The molecule has 0 saturated heterocycles. The Morgan fingerprint density at radius 1 is 1.12 bits per heavy atom. The van der Waals surface area contributed by atoms with Crippen LogP contribution < -0.4 is 20.7 Å². The van der Waals surface area contributed by atoms with E-state index in [0.29, 0.717) is 29.5 Å². The van der Waals surface area contributed by atoms with Crippen molar-refractivity contribution in [1.29, 1.82) is 0 Å². The quantitative estimate of drug-likeness (QED) is 0.620. The molecule has 3 N–H and O–H groups in total. The van der Waals surface area contributed by atoms with Crippen molar-refractivity contribution in [2.24, 2.45) is 0 Å². The highest BCUT2D eigenvalue weighted by Crippen LogP contribution is 2.27. The van der Waals surface area contributed by atoms with E-state index in [-0.39, 0.29) is 11.8 Å². The summed E-state index contributed by atoms with van der Waals surface area (Å²) in [5.41, 5.74) is 1.40. The Kier molecular flexibility index (Phi) is 7.44. The number of anilines is 1. The number of nitrogens with one attached hydrogen (secondary N) is 3. The SMILES string of the molecule is COc1ccc(NC(=O)C(NCCNC(C)=O)c2ccccc2)cc1Cl. The molecule has 0 aliphatic heterocycles. The van der Waals surface area contributed by atoms with Crippen LogP contribution >= 0.6 is 11.6 Å². The van der Waals surface area contributed by atoms with E-state index in [1.54, 1.807) is 18.2 Å². The van der Waals surface area contributed by atoms with Crippen LogP contribution in [0, 0.1) is 0 Å². The Balaban J connectivity index is 2.09. The fourth-order valence-electron chi connectivity index (χ4n) is 2.42. The van der Waals surface area contributed by atoms with E-state index >= 15 is 0 Å². The molecule has 0 aliphatic carbocycles. The number of hydrogen-bond acceptors (Lipinski definition) is 4. The second kappa shape index (κ2) is 9.79. The Morgan fingerprint density at radius 2 is 1.85 bits per heavy atom. The first kappa shape index (κ1) is 19.8. The smallest absolute Gasteiger partial charge is 0.246 e. The van der Waals surface area contributed by atoms with Crippen molar-refractivity contribution in [3.05, 3.63) is 59.1 Å². The van der Waals surface area contributed by atoms with Crippen molar-refractivity contribution in [2.75, 3.05) is 25.5 Å². The van der Waals surface area contributed by atoms with Crippen molar-refractivity contribution in [3.8, 4) is 5.75 Å². The average molecular weight is 376 g/mol. The normalized spacial score (nSPS) is 11.5. The number of halogens is 1. The Labute approximate surface area is 157 Å². The van der Waals surface area contributed by atoms with Gasteiger partial charge in [0.05, 0.1) is 12.1 Å². The number of carbonyl (C=O) groups is 2. The molecule has 1 atom stereocenters. The Morgan fingerprint density at radius 3 is 2.46 bits per heavy atom. The van der Waals surface area contributed by atoms with Gasteiger partial charge in [0, 0.05) is 25.7 Å². The molecule has 138 valence electrons. The minimum Gasteiger partial charge on any atom is -0.495 e. The highest BCUT2D eigenvalue weighted by Gasteiger charge is 2.20. The summed E-state index contributed by atoms with van der Waals surface area (Å²) in [4.78, 5) is 23.7. The Hall–Kier alpha value is -2.57. The van der Waals surface area contributed by atoms with Crippen LogP contribution in [0.25, 0.3) is 0 Å². The summed E-state index contributed by atoms with van der Waals surface area (Å²) >= 11 is 6.11. The van der Waals surface area contributed by atoms with Crippen LogP contribution in [0.4, 0.5) is 5.69 Å². The highest BCUT2D eigenvalue weighted by atomic mass is 35.5. The molecule has 0 radical (unpaired) electrons. The van der Waals surface area contributed by atoms with Gasteiger partial charge in [0.25, 0.3) is 0 Å². The predicted octanol–water partition coefficient (Wildman–Crippen LogP) is 2.75. The van der Waals surface area contributed by atoms with E-state index in [1.165, 1.54) is 14.0 Å². The molecule has 0 bridgehead atoms. The lowest BCUT2D eigenvalue weighted by Gasteiger charge is -2.19. The van der Waals surface area contributed by atoms with Crippen LogP contribution in [0.5, 0.6) is 5.75 Å². The number of rotatable bonds is 8. The van der Waals surface area contributed by atoms with Crippen LogP contribution in [-0.4, -0.2) is 32.0 Å². The minimum atomic E-state index is -0.564. The summed E-state index contributed by atoms with van der Waals surface area (Å²) in [5, 5.41) is 9.13. The fraction of sp³-hybridized carbons (Fsp3) is 0.263. The van der Waals surface area contributed by atoms with Gasteiger partial charge >= 0.3 is 0 Å². The lowest BCUT2D eigenvalue weighted by molar-refractivity contribution is -0.119. The van der Waals surface area contributed by atoms with E-state index < -0.39 is 6.04 Å². The van der Waals surface area contributed by atoms with Crippen molar-refractivity contribution >= 4 is 29.1 Å². The van der Waals surface area contributed by atoms with Gasteiger partial charge in [0.2, 0.25) is 11.8 Å². The number of benzene rings is 2. The second-order valence-corrected chi connectivity index (χ2v) is 6.03. The van der Waals surface area contributed by atoms with Gasteiger partial charge in [-0.1, -0.05) is 41.9 Å². The van der Waals surface area contributed by atoms with Gasteiger partial charge in [0.15, 0.2) is 0 Å². The molecule has 0 spiro atoms. The maximum absolute atomic E-state index is 12.8. The summed E-state index contributed by atoms with van der Waals surface area (Å²) < 4.78 is 5.12. The zero-order valence-electron chi connectivity index (χ0n) is 14.7. The molecule has 0 aromatic heterocycles. The molecule has 2 aromatic carbocycles. The molecule has 6 nitrogen and oxygen atoms in total. The van der Waals surface area contributed by atoms with Gasteiger partial charge < -0.3 is 20.7 Å². The minimum absolute atomic E-state index is 0.111. The van der Waals surface area contributed by atoms with Gasteiger partial charge in [-0.15, -0.1) is 0 Å². The van der Waals surface area contributed by atoms with E-state index in [1.807, 2.05) is 30.3 Å². The summed E-state index contributed by atoms with van der Waals surface area (Å²) in [7, 11) is 1.53. The van der Waals surface area contributed by atoms with Crippen molar-refractivity contribution in [2.45, 2.75) is 13.0 Å². The van der Waals surface area contributed by atoms with Crippen LogP contribution in [0.2, 0.25) is 5.02 Å². The van der Waals surface area contributed by atoms with Gasteiger partial charge in [-0.05, 0) is 23.8 Å². The third kappa shape index (κ3) is 5.75. The molecule has 1 unspecified atom stereocenters. The van der Waals surface area contributed by atoms with Crippen LogP contribution in [0.3, 0.4) is 0 Å². The van der Waals surface area contributed by atoms with Gasteiger partial charge in [-0.25, -0.2) is 0 Å². The third-order valence-electron chi connectivity index (χ3n) is 3.66. The predicted molar refractivity (Wildman–Crippen MR) is 103 cm³/mol. The van der Waals surface area contributed by atoms with E-state index in [2.05, 4.69) is 16.0 Å². The van der Waals surface area contributed by atoms with E-state index in [0.717, 1.165) is 5.56 Å². The number of hydrogen-bond donors (Lipinski definition) is 3. The van der Waals surface area contributed by atoms with Crippen LogP contribution in [-0.2, 0) is 9.59 Å². The molecule has 26 heavy (non-hydrogen) atoms. The molecule has 0 heterocycles. The first-order valence-corrected chi connectivity index (χ1v) is 8.56. The summed E-state index contributed by atoms with van der Waals surface area (Å²) in [6.07, 6.45) is 0. The van der Waals surface area contributed by atoms with E-state index in [4.69, 9.17) is 16.3 Å². The van der Waals surface area contributed by atoms with Gasteiger partial charge in [0.1, 0.15) is 11.8 Å². The molecule has 0 saturated carbocycles. The lowest BCUT2D eigenvalue weighted by Crippen LogP contribution is -2.37. The molecular weight excluding hydrogens is 354 g/mol. The molecule has 2 aromatic rings. The maximum atomic E-state index is 12.8. The second-order valence-electron chi connectivity index (χ2n) is 5.62. The topological polar surface area (TPSA) is 79.5 Å². The van der Waals surface area contributed by atoms with Crippen molar-refractivity contribution in [3.63, 3.8) is 0 Å². The van der Waals surface area contributed by atoms with Crippen LogP contribution in [0.1, 0.15) is 18.5 Å². The lowest BCUT2D eigenvalue weighted by atomic mass is 10.1. The number of ether oxygens (including phenoxy) is 1. The highest BCUT2D eigenvalue weighted by molar-refractivity contribution is 6.32. The molecule has 0 fully saturated rings. The van der Waals surface area contributed by atoms with E-state index in [9.17, 15) is 9.59 Å². The molecule has 0 aliphatic rings. The first-order chi connectivity index (χ1) is 12.5. The standard InChI is InChI=1S/C19H22ClN3O3/c1-13(24)21-10-11-22-18(14-6-4-3-5-7-14)19(25)23-15-8-9-17(26-2)16(20)12-15/h3-9,12,18,22H,10-11H2,1-2H3,(H,21,24)(H,23,25). The monoisotopic (exact) mass is 375 g/mol. The molecule has 2 rings (SSSR count). The third-order valence-corrected chi connectivity index (χ3v) is 3.96. The Bertz CT molecular complexity index is 753. The van der Waals surface area contributed by atoms with Crippen molar-refractivity contribution < 1.29 is 14.3 Å². The fourth-order valence-corrected chi connectivity index (χ4v) is 2.68. The first-order valence-electron chi connectivity index (χ1n) is 8.18. The maximum Gasteiger partial charge on any atom is 0.246 e. The zero-order chi connectivity index (χ0) is 18.9. The number of amides is 2. The number of carbonyl (C=O) groups excluding carboxylic acids is 2. The average Bonchev–Trinajstić information content (AvgIpc) is 2.62. The largest absolute Gasteiger partial charge is 0.495 e. The summed E-state index contributed by atoms with van der Waals surface area (Å²) in [6, 6.07) is 13.9. The molecular formula is C19H22ClN3O3. The van der Waals surface area contributed by atoms with Crippen LogP contribution in [0.15, 0.2) is 48.5 Å². The van der Waals surface area contributed by atoms with Gasteiger partial charge in [-0.2, -0.15) is 0 Å². The molecule has 7 heteroatoms. The number of methoxy groups -OCH3 is 1. The summed E-state index contributed by atoms with van der Waals surface area (Å²) in [6.45, 7) is 2.34. The van der Waals surface area contributed by atoms with Gasteiger partial charge in [-0.3, -0.25) is 9.59 Å².